The zero-order valence-electron chi connectivity index (χ0n) is 12.7. The van der Waals surface area contributed by atoms with E-state index in [1.54, 1.807) is 0 Å². The Bertz CT molecular complexity index is 595. The molecule has 0 radical (unpaired) electrons. The summed E-state index contributed by atoms with van der Waals surface area (Å²) < 4.78 is 10.5. The molecule has 3 nitrogen and oxygen atoms in total. The van der Waals surface area contributed by atoms with E-state index < -0.39 is 6.16 Å². The highest BCUT2D eigenvalue weighted by molar-refractivity contribution is 5.65. The molecule has 0 spiro atoms. The van der Waals surface area contributed by atoms with Gasteiger partial charge in [0.25, 0.3) is 0 Å². The van der Waals surface area contributed by atoms with Crippen LogP contribution in [0.5, 0.6) is 5.75 Å². The SMILES string of the molecule is CCc1cc(C)c(OC(=O)OCc2ccccc2)c(C)c1. The van der Waals surface area contributed by atoms with Crippen molar-refractivity contribution in [1.29, 1.82) is 0 Å². The minimum absolute atomic E-state index is 0.213. The first-order valence-corrected chi connectivity index (χ1v) is 7.08. The molecule has 3 heteroatoms. The van der Waals surface area contributed by atoms with Crippen molar-refractivity contribution in [2.45, 2.75) is 33.8 Å². The zero-order valence-corrected chi connectivity index (χ0v) is 12.7. The molecule has 0 bridgehead atoms. The van der Waals surface area contributed by atoms with Gasteiger partial charge < -0.3 is 9.47 Å². The van der Waals surface area contributed by atoms with Crippen molar-refractivity contribution in [2.24, 2.45) is 0 Å². The minimum Gasteiger partial charge on any atom is -0.429 e. The van der Waals surface area contributed by atoms with Crippen LogP contribution >= 0.6 is 0 Å². The maximum Gasteiger partial charge on any atom is 0.514 e. The highest BCUT2D eigenvalue weighted by Gasteiger charge is 2.12. The van der Waals surface area contributed by atoms with Crippen molar-refractivity contribution in [3.63, 3.8) is 0 Å². The summed E-state index contributed by atoms with van der Waals surface area (Å²) >= 11 is 0. The molecule has 0 atom stereocenters. The number of ether oxygens (including phenoxy) is 2. The van der Waals surface area contributed by atoms with Crippen molar-refractivity contribution in [2.75, 3.05) is 0 Å². The summed E-state index contributed by atoms with van der Waals surface area (Å²) in [5.74, 6) is 0.588. The van der Waals surface area contributed by atoms with Gasteiger partial charge in [-0.2, -0.15) is 0 Å². The highest BCUT2D eigenvalue weighted by Crippen LogP contribution is 2.25. The first kappa shape index (κ1) is 15.1. The molecule has 0 aliphatic rings. The largest absolute Gasteiger partial charge is 0.514 e. The van der Waals surface area contributed by atoms with Crippen LogP contribution in [0.2, 0.25) is 0 Å². The van der Waals surface area contributed by atoms with E-state index in [0.29, 0.717) is 5.75 Å². The van der Waals surface area contributed by atoms with Gasteiger partial charge in [0.2, 0.25) is 0 Å². The molecule has 0 heterocycles. The van der Waals surface area contributed by atoms with E-state index in [4.69, 9.17) is 9.47 Å². The lowest BCUT2D eigenvalue weighted by molar-refractivity contribution is 0.0922. The van der Waals surface area contributed by atoms with E-state index in [1.807, 2.05) is 56.3 Å². The maximum absolute atomic E-state index is 11.8. The molecule has 0 fully saturated rings. The van der Waals surface area contributed by atoms with E-state index >= 15 is 0 Å². The Morgan fingerprint density at radius 1 is 1.00 bits per heavy atom. The van der Waals surface area contributed by atoms with Gasteiger partial charge in [0, 0.05) is 0 Å². The molecule has 2 rings (SSSR count). The third-order valence-electron chi connectivity index (χ3n) is 3.31. The summed E-state index contributed by atoms with van der Waals surface area (Å²) in [7, 11) is 0. The Morgan fingerprint density at radius 3 is 2.19 bits per heavy atom. The predicted octanol–water partition coefficient (Wildman–Crippen LogP) is 4.58. The fourth-order valence-corrected chi connectivity index (χ4v) is 2.23. The fourth-order valence-electron chi connectivity index (χ4n) is 2.23. The molecule has 0 saturated heterocycles. The monoisotopic (exact) mass is 284 g/mol. The Labute approximate surface area is 125 Å². The normalized spacial score (nSPS) is 10.2. The molecule has 0 aromatic heterocycles. The van der Waals surface area contributed by atoms with Crippen LogP contribution in [-0.4, -0.2) is 6.16 Å². The van der Waals surface area contributed by atoms with Crippen molar-refractivity contribution < 1.29 is 14.3 Å². The van der Waals surface area contributed by atoms with Gasteiger partial charge in [-0.15, -0.1) is 0 Å². The standard InChI is InChI=1S/C18H20O3/c1-4-15-10-13(2)17(14(3)11-15)21-18(19)20-12-16-8-6-5-7-9-16/h5-11H,4,12H2,1-3H3. The third kappa shape index (κ3) is 4.09. The van der Waals surface area contributed by atoms with Crippen molar-refractivity contribution in [1.82, 2.24) is 0 Å². The molecule has 0 unspecified atom stereocenters. The molecular weight excluding hydrogens is 264 g/mol. The van der Waals surface area contributed by atoms with Gasteiger partial charge in [0.05, 0.1) is 0 Å². The molecule has 2 aromatic carbocycles. The van der Waals surface area contributed by atoms with E-state index in [0.717, 1.165) is 23.1 Å². The first-order valence-electron chi connectivity index (χ1n) is 7.08. The maximum atomic E-state index is 11.8. The number of hydrogen-bond donors (Lipinski definition) is 0. The summed E-state index contributed by atoms with van der Waals surface area (Å²) in [5, 5.41) is 0. The lowest BCUT2D eigenvalue weighted by atomic mass is 10.0. The third-order valence-corrected chi connectivity index (χ3v) is 3.31. The molecule has 0 N–H and O–H groups in total. The first-order chi connectivity index (χ1) is 10.1. The smallest absolute Gasteiger partial charge is 0.429 e. The van der Waals surface area contributed by atoms with Gasteiger partial charge >= 0.3 is 6.16 Å². The van der Waals surface area contributed by atoms with Crippen LogP contribution in [-0.2, 0) is 17.8 Å². The summed E-state index contributed by atoms with van der Waals surface area (Å²) in [4.78, 5) is 11.8. The molecule has 0 aliphatic heterocycles. The Kier molecular flexibility index (Phi) is 4.99. The molecule has 0 amide bonds. The van der Waals surface area contributed by atoms with Crippen LogP contribution in [0.3, 0.4) is 0 Å². The van der Waals surface area contributed by atoms with E-state index in [-0.39, 0.29) is 6.61 Å². The number of aryl methyl sites for hydroxylation is 3. The second-order valence-corrected chi connectivity index (χ2v) is 5.04. The average Bonchev–Trinajstić information content (AvgIpc) is 2.49. The lowest BCUT2D eigenvalue weighted by Gasteiger charge is -2.12. The van der Waals surface area contributed by atoms with Crippen LogP contribution in [0.25, 0.3) is 0 Å². The predicted molar refractivity (Wildman–Crippen MR) is 82.5 cm³/mol. The summed E-state index contributed by atoms with van der Waals surface area (Å²) in [5.41, 5.74) is 4.06. The number of rotatable bonds is 4. The second kappa shape index (κ2) is 6.93. The fraction of sp³-hybridized carbons (Fsp3) is 0.278. The van der Waals surface area contributed by atoms with Gasteiger partial charge in [0.15, 0.2) is 0 Å². The average molecular weight is 284 g/mol. The Morgan fingerprint density at radius 2 is 1.62 bits per heavy atom. The van der Waals surface area contributed by atoms with E-state index in [2.05, 4.69) is 6.92 Å². The Hall–Kier alpha value is -2.29. The number of carbonyl (C=O) groups excluding carboxylic acids is 1. The molecule has 21 heavy (non-hydrogen) atoms. The van der Waals surface area contributed by atoms with Gasteiger partial charge in [-0.25, -0.2) is 4.79 Å². The summed E-state index contributed by atoms with van der Waals surface area (Å²) in [6.07, 6.45) is 0.287. The molecule has 2 aromatic rings. The van der Waals surface area contributed by atoms with Crippen molar-refractivity contribution in [3.8, 4) is 5.75 Å². The van der Waals surface area contributed by atoms with Crippen molar-refractivity contribution >= 4 is 6.16 Å². The number of benzene rings is 2. The van der Waals surface area contributed by atoms with Crippen LogP contribution < -0.4 is 4.74 Å². The molecule has 0 aliphatic carbocycles. The van der Waals surface area contributed by atoms with Crippen LogP contribution in [0, 0.1) is 13.8 Å². The van der Waals surface area contributed by atoms with Gasteiger partial charge in [-0.05, 0) is 42.5 Å². The van der Waals surface area contributed by atoms with Crippen molar-refractivity contribution in [3.05, 3.63) is 64.7 Å². The van der Waals surface area contributed by atoms with Gasteiger partial charge in [0.1, 0.15) is 12.4 Å². The van der Waals surface area contributed by atoms with E-state index in [1.165, 1.54) is 5.56 Å². The van der Waals surface area contributed by atoms with Gasteiger partial charge in [-0.1, -0.05) is 49.4 Å². The van der Waals surface area contributed by atoms with Crippen LogP contribution in [0.15, 0.2) is 42.5 Å². The topological polar surface area (TPSA) is 35.5 Å². The summed E-state index contributed by atoms with van der Waals surface area (Å²) in [6.45, 7) is 6.19. The molecular formula is C18H20O3. The Balaban J connectivity index is 2.00. The lowest BCUT2D eigenvalue weighted by Crippen LogP contribution is -2.12. The number of hydrogen-bond acceptors (Lipinski definition) is 3. The molecule has 0 saturated carbocycles. The van der Waals surface area contributed by atoms with Gasteiger partial charge in [-0.3, -0.25) is 0 Å². The minimum atomic E-state index is -0.672. The molecule has 110 valence electrons. The summed E-state index contributed by atoms with van der Waals surface area (Å²) in [6, 6.07) is 13.6. The van der Waals surface area contributed by atoms with Crippen LogP contribution in [0.4, 0.5) is 4.79 Å². The zero-order chi connectivity index (χ0) is 15.2. The van der Waals surface area contributed by atoms with Crippen LogP contribution in [0.1, 0.15) is 29.2 Å². The number of carbonyl (C=O) groups is 1. The second-order valence-electron chi connectivity index (χ2n) is 5.04. The highest BCUT2D eigenvalue weighted by atomic mass is 16.7. The quantitative estimate of drug-likeness (QED) is 0.609. The van der Waals surface area contributed by atoms with E-state index in [9.17, 15) is 4.79 Å².